The molecule has 2 heterocycles. The zero-order valence-corrected chi connectivity index (χ0v) is 15.2. The van der Waals surface area contributed by atoms with Gasteiger partial charge in [-0.15, -0.1) is 0 Å². The molecule has 1 saturated heterocycles. The van der Waals surface area contributed by atoms with E-state index in [4.69, 9.17) is 11.6 Å². The standard InChI is InChI=1S/C20H18ClFN4O/c21-17-7-6-14(22)10-16(17)20(27)23-15-8-9-26(12-15)19-11-18(24-25-19)13-4-2-1-3-5-13/h1-7,10-11,15H,8-9,12H2,(H,23,27)(H,24,25). The Kier molecular flexibility index (Phi) is 4.81. The highest BCUT2D eigenvalue weighted by atomic mass is 35.5. The van der Waals surface area contributed by atoms with Crippen LogP contribution in [0.4, 0.5) is 10.2 Å². The van der Waals surface area contributed by atoms with Crippen molar-refractivity contribution in [2.75, 3.05) is 18.0 Å². The highest BCUT2D eigenvalue weighted by Crippen LogP contribution is 2.25. The largest absolute Gasteiger partial charge is 0.353 e. The van der Waals surface area contributed by atoms with Crippen LogP contribution in [-0.2, 0) is 0 Å². The normalized spacial score (nSPS) is 16.5. The number of benzene rings is 2. The van der Waals surface area contributed by atoms with Crippen molar-refractivity contribution in [1.82, 2.24) is 15.5 Å². The van der Waals surface area contributed by atoms with Gasteiger partial charge in [-0.25, -0.2) is 4.39 Å². The highest BCUT2D eigenvalue weighted by molar-refractivity contribution is 6.33. The van der Waals surface area contributed by atoms with E-state index >= 15 is 0 Å². The van der Waals surface area contributed by atoms with Crippen LogP contribution in [0.1, 0.15) is 16.8 Å². The number of H-pyrrole nitrogens is 1. The number of aromatic amines is 1. The molecule has 0 bridgehead atoms. The summed E-state index contributed by atoms with van der Waals surface area (Å²) in [4.78, 5) is 14.5. The second-order valence-electron chi connectivity index (χ2n) is 6.54. The molecule has 0 aliphatic carbocycles. The van der Waals surface area contributed by atoms with Crippen LogP contribution < -0.4 is 10.2 Å². The Hall–Kier alpha value is -2.86. The summed E-state index contributed by atoms with van der Waals surface area (Å²) in [6.45, 7) is 1.42. The van der Waals surface area contributed by atoms with Gasteiger partial charge in [0.15, 0.2) is 5.82 Å². The highest BCUT2D eigenvalue weighted by Gasteiger charge is 2.26. The molecule has 0 radical (unpaired) electrons. The summed E-state index contributed by atoms with van der Waals surface area (Å²) in [7, 11) is 0. The summed E-state index contributed by atoms with van der Waals surface area (Å²) in [6.07, 6.45) is 0.784. The second-order valence-corrected chi connectivity index (χ2v) is 6.94. The number of anilines is 1. The average molecular weight is 385 g/mol. The number of carbonyl (C=O) groups is 1. The minimum atomic E-state index is -0.484. The first-order valence-corrected chi connectivity index (χ1v) is 9.09. The van der Waals surface area contributed by atoms with Gasteiger partial charge in [0, 0.05) is 25.2 Å². The number of nitrogens with zero attached hydrogens (tertiary/aromatic N) is 2. The average Bonchev–Trinajstić information content (AvgIpc) is 3.34. The number of aromatic nitrogens is 2. The molecule has 1 amide bonds. The molecule has 4 rings (SSSR count). The van der Waals surface area contributed by atoms with Crippen molar-refractivity contribution in [3.63, 3.8) is 0 Å². The molecule has 5 nitrogen and oxygen atoms in total. The third-order valence-corrected chi connectivity index (χ3v) is 5.00. The van der Waals surface area contributed by atoms with Crippen molar-refractivity contribution in [3.05, 3.63) is 71.0 Å². The Morgan fingerprint density at radius 2 is 2.04 bits per heavy atom. The molecule has 2 N–H and O–H groups in total. The lowest BCUT2D eigenvalue weighted by molar-refractivity contribution is 0.0940. The van der Waals surface area contributed by atoms with Crippen molar-refractivity contribution in [3.8, 4) is 11.3 Å². The zero-order chi connectivity index (χ0) is 18.8. The molecular weight excluding hydrogens is 367 g/mol. The Balaban J connectivity index is 1.41. The fourth-order valence-electron chi connectivity index (χ4n) is 3.26. The van der Waals surface area contributed by atoms with E-state index in [1.165, 1.54) is 12.1 Å². The maximum Gasteiger partial charge on any atom is 0.253 e. The summed E-state index contributed by atoms with van der Waals surface area (Å²) in [5.74, 6) is -0.00435. The van der Waals surface area contributed by atoms with Gasteiger partial charge in [0.05, 0.1) is 16.3 Å². The molecule has 2 aromatic carbocycles. The van der Waals surface area contributed by atoms with Crippen LogP contribution in [0.5, 0.6) is 0 Å². The van der Waals surface area contributed by atoms with Gasteiger partial charge in [0.25, 0.3) is 5.91 Å². The lowest BCUT2D eigenvalue weighted by atomic mass is 10.1. The van der Waals surface area contributed by atoms with E-state index in [-0.39, 0.29) is 22.5 Å². The minimum absolute atomic E-state index is 0.0475. The fourth-order valence-corrected chi connectivity index (χ4v) is 3.46. The first kappa shape index (κ1) is 17.5. The molecule has 27 heavy (non-hydrogen) atoms. The van der Waals surface area contributed by atoms with Crippen LogP contribution in [0.2, 0.25) is 5.02 Å². The molecular formula is C20H18ClFN4O. The molecule has 3 aromatic rings. The van der Waals surface area contributed by atoms with Gasteiger partial charge in [-0.3, -0.25) is 9.89 Å². The zero-order valence-electron chi connectivity index (χ0n) is 14.5. The quantitative estimate of drug-likeness (QED) is 0.717. The van der Waals surface area contributed by atoms with E-state index in [1.54, 1.807) is 0 Å². The lowest BCUT2D eigenvalue weighted by Crippen LogP contribution is -2.37. The predicted octanol–water partition coefficient (Wildman–Crippen LogP) is 3.88. The third-order valence-electron chi connectivity index (χ3n) is 4.67. The Labute approximate surface area is 161 Å². The molecule has 1 atom stereocenters. The van der Waals surface area contributed by atoms with Gasteiger partial charge >= 0.3 is 0 Å². The molecule has 1 aliphatic rings. The molecule has 1 unspecified atom stereocenters. The number of carbonyl (C=O) groups excluding carboxylic acids is 1. The summed E-state index contributed by atoms with van der Waals surface area (Å²) in [5.41, 5.74) is 2.17. The van der Waals surface area contributed by atoms with E-state index < -0.39 is 5.82 Å². The number of hydrogen-bond acceptors (Lipinski definition) is 3. The molecule has 1 aliphatic heterocycles. The maximum atomic E-state index is 13.4. The van der Waals surface area contributed by atoms with Crippen LogP contribution in [-0.4, -0.2) is 35.2 Å². The SMILES string of the molecule is O=C(NC1CCN(c2cc(-c3ccccc3)[nH]n2)C1)c1cc(F)ccc1Cl. The summed E-state index contributed by atoms with van der Waals surface area (Å²) in [6, 6.07) is 15.7. The van der Waals surface area contributed by atoms with Gasteiger partial charge in [-0.05, 0) is 30.2 Å². The molecule has 0 spiro atoms. The smallest absolute Gasteiger partial charge is 0.253 e. The van der Waals surface area contributed by atoms with E-state index in [0.717, 1.165) is 36.1 Å². The molecule has 138 valence electrons. The molecule has 7 heteroatoms. The summed E-state index contributed by atoms with van der Waals surface area (Å²) < 4.78 is 13.4. The van der Waals surface area contributed by atoms with Crippen LogP contribution in [0, 0.1) is 5.82 Å². The monoisotopic (exact) mass is 384 g/mol. The summed E-state index contributed by atoms with van der Waals surface area (Å²) >= 11 is 6.01. The topological polar surface area (TPSA) is 61.0 Å². The third kappa shape index (κ3) is 3.80. The number of hydrogen-bond donors (Lipinski definition) is 2. The minimum Gasteiger partial charge on any atom is -0.353 e. The van der Waals surface area contributed by atoms with E-state index in [0.29, 0.717) is 6.54 Å². The predicted molar refractivity (Wildman–Crippen MR) is 104 cm³/mol. The van der Waals surface area contributed by atoms with Gasteiger partial charge in [0.1, 0.15) is 5.82 Å². The van der Waals surface area contributed by atoms with Crippen molar-refractivity contribution in [2.45, 2.75) is 12.5 Å². The number of halogens is 2. The fraction of sp³-hybridized carbons (Fsp3) is 0.200. The molecule has 1 fully saturated rings. The van der Waals surface area contributed by atoms with Gasteiger partial charge in [0.2, 0.25) is 0 Å². The van der Waals surface area contributed by atoms with Crippen molar-refractivity contribution < 1.29 is 9.18 Å². The summed E-state index contributed by atoms with van der Waals surface area (Å²) in [5, 5.41) is 10.6. The van der Waals surface area contributed by atoms with Crippen LogP contribution >= 0.6 is 11.6 Å². The van der Waals surface area contributed by atoms with Crippen LogP contribution in [0.3, 0.4) is 0 Å². The maximum absolute atomic E-state index is 13.4. The lowest BCUT2D eigenvalue weighted by Gasteiger charge is -2.16. The Morgan fingerprint density at radius 1 is 1.22 bits per heavy atom. The second kappa shape index (κ2) is 7.40. The van der Waals surface area contributed by atoms with Crippen molar-refractivity contribution in [1.29, 1.82) is 0 Å². The Bertz CT molecular complexity index is 960. The number of nitrogens with one attached hydrogen (secondary N) is 2. The van der Waals surface area contributed by atoms with Crippen molar-refractivity contribution in [2.24, 2.45) is 0 Å². The van der Waals surface area contributed by atoms with E-state index in [9.17, 15) is 9.18 Å². The van der Waals surface area contributed by atoms with Gasteiger partial charge in [-0.2, -0.15) is 5.10 Å². The Morgan fingerprint density at radius 3 is 2.85 bits per heavy atom. The first-order valence-electron chi connectivity index (χ1n) is 8.72. The first-order chi connectivity index (χ1) is 13.1. The number of amides is 1. The van der Waals surface area contributed by atoms with Gasteiger partial charge < -0.3 is 10.2 Å². The molecule has 1 aromatic heterocycles. The van der Waals surface area contributed by atoms with Crippen LogP contribution in [0.15, 0.2) is 54.6 Å². The van der Waals surface area contributed by atoms with E-state index in [2.05, 4.69) is 20.4 Å². The van der Waals surface area contributed by atoms with E-state index in [1.807, 2.05) is 36.4 Å². The van der Waals surface area contributed by atoms with Gasteiger partial charge in [-0.1, -0.05) is 41.9 Å². The molecule has 0 saturated carbocycles. The number of rotatable bonds is 4. The van der Waals surface area contributed by atoms with Crippen LogP contribution in [0.25, 0.3) is 11.3 Å². The van der Waals surface area contributed by atoms with Crippen molar-refractivity contribution >= 4 is 23.3 Å².